The van der Waals surface area contributed by atoms with Crippen LogP contribution >= 0.6 is 0 Å². The minimum Gasteiger partial charge on any atom is -0.273 e. The van der Waals surface area contributed by atoms with Crippen molar-refractivity contribution in [1.82, 2.24) is 9.89 Å². The molecule has 15 heavy (non-hydrogen) atoms. The second kappa shape index (κ2) is 3.68. The number of rotatable bonds is 2. The SMILES string of the molecule is O=C1CCCCN1n1cc([N+](=O)[O-])cn1. The molecule has 0 saturated carbocycles. The molecule has 2 heterocycles. The summed E-state index contributed by atoms with van der Waals surface area (Å²) in [6.45, 7) is 0.567. The summed E-state index contributed by atoms with van der Waals surface area (Å²) in [6.07, 6.45) is 4.65. The van der Waals surface area contributed by atoms with Crippen LogP contribution in [0.3, 0.4) is 0 Å². The molecule has 0 atom stereocenters. The van der Waals surface area contributed by atoms with Gasteiger partial charge in [0.15, 0.2) is 0 Å². The smallest absolute Gasteiger partial charge is 0.273 e. The van der Waals surface area contributed by atoms with Gasteiger partial charge in [-0.25, -0.2) is 5.01 Å². The van der Waals surface area contributed by atoms with Gasteiger partial charge in [-0.15, -0.1) is 0 Å². The highest BCUT2D eigenvalue weighted by molar-refractivity contribution is 5.86. The lowest BCUT2D eigenvalue weighted by Gasteiger charge is -2.25. The monoisotopic (exact) mass is 210 g/mol. The van der Waals surface area contributed by atoms with Gasteiger partial charge < -0.3 is 0 Å². The zero-order valence-corrected chi connectivity index (χ0v) is 8.00. The molecule has 0 N–H and O–H groups in total. The molecule has 2 rings (SSSR count). The Labute approximate surface area is 85.4 Å². The number of aromatic nitrogens is 2. The van der Waals surface area contributed by atoms with Crippen molar-refractivity contribution >= 4 is 11.6 Å². The van der Waals surface area contributed by atoms with Crippen molar-refractivity contribution in [1.29, 1.82) is 0 Å². The standard InChI is InChI=1S/C8H10N4O3/c13-8-3-1-2-4-10(8)11-6-7(5-9-11)12(14)15/h5-6H,1-4H2. The van der Waals surface area contributed by atoms with Crippen LogP contribution in [0.5, 0.6) is 0 Å². The fourth-order valence-corrected chi connectivity index (χ4v) is 1.54. The molecule has 1 aliphatic rings. The third kappa shape index (κ3) is 1.80. The summed E-state index contributed by atoms with van der Waals surface area (Å²) in [5.41, 5.74) is -0.103. The van der Waals surface area contributed by atoms with Crippen LogP contribution in [0.2, 0.25) is 0 Å². The molecule has 0 radical (unpaired) electrons. The van der Waals surface area contributed by atoms with Crippen LogP contribution in [0.4, 0.5) is 5.69 Å². The molecular weight excluding hydrogens is 200 g/mol. The summed E-state index contributed by atoms with van der Waals surface area (Å²) in [4.78, 5) is 22.6. The maximum Gasteiger partial charge on any atom is 0.309 e. The zero-order valence-electron chi connectivity index (χ0n) is 8.00. The minimum atomic E-state index is -0.530. The van der Waals surface area contributed by atoms with Gasteiger partial charge in [-0.2, -0.15) is 9.89 Å². The Morgan fingerprint density at radius 2 is 2.27 bits per heavy atom. The molecule has 1 fully saturated rings. The van der Waals surface area contributed by atoms with Crippen LogP contribution in [0.1, 0.15) is 19.3 Å². The first-order valence-corrected chi connectivity index (χ1v) is 4.68. The maximum atomic E-state index is 11.5. The molecule has 1 aliphatic heterocycles. The molecule has 1 aromatic rings. The van der Waals surface area contributed by atoms with Gasteiger partial charge in [0.2, 0.25) is 5.91 Å². The Morgan fingerprint density at radius 1 is 1.47 bits per heavy atom. The molecule has 0 spiro atoms. The second-order valence-corrected chi connectivity index (χ2v) is 3.35. The average Bonchev–Trinajstić information content (AvgIpc) is 2.67. The second-order valence-electron chi connectivity index (χ2n) is 3.35. The largest absolute Gasteiger partial charge is 0.309 e. The average molecular weight is 210 g/mol. The van der Waals surface area contributed by atoms with E-state index in [0.717, 1.165) is 19.0 Å². The fourth-order valence-electron chi connectivity index (χ4n) is 1.54. The van der Waals surface area contributed by atoms with E-state index in [1.54, 1.807) is 0 Å². The van der Waals surface area contributed by atoms with Gasteiger partial charge in [-0.05, 0) is 12.8 Å². The van der Waals surface area contributed by atoms with E-state index in [1.807, 2.05) is 0 Å². The van der Waals surface area contributed by atoms with Crippen LogP contribution in [0, 0.1) is 10.1 Å². The first-order chi connectivity index (χ1) is 7.18. The van der Waals surface area contributed by atoms with E-state index in [2.05, 4.69) is 5.10 Å². The molecule has 80 valence electrons. The van der Waals surface area contributed by atoms with Gasteiger partial charge >= 0.3 is 5.69 Å². The van der Waals surface area contributed by atoms with Crippen LogP contribution in [0.25, 0.3) is 0 Å². The number of carbonyl (C=O) groups excluding carboxylic acids is 1. The van der Waals surface area contributed by atoms with Gasteiger partial charge in [-0.3, -0.25) is 14.9 Å². The van der Waals surface area contributed by atoms with Crippen LogP contribution in [0.15, 0.2) is 12.4 Å². The molecule has 7 heteroatoms. The lowest BCUT2D eigenvalue weighted by Crippen LogP contribution is -2.43. The molecule has 0 unspecified atom stereocenters. The van der Waals surface area contributed by atoms with E-state index in [4.69, 9.17) is 0 Å². The van der Waals surface area contributed by atoms with Crippen molar-refractivity contribution in [2.45, 2.75) is 19.3 Å². The van der Waals surface area contributed by atoms with Crippen molar-refractivity contribution in [2.24, 2.45) is 0 Å². The van der Waals surface area contributed by atoms with E-state index in [9.17, 15) is 14.9 Å². The van der Waals surface area contributed by atoms with Gasteiger partial charge in [-0.1, -0.05) is 0 Å². The van der Waals surface area contributed by atoms with Crippen molar-refractivity contribution < 1.29 is 9.72 Å². The lowest BCUT2D eigenvalue weighted by atomic mass is 10.1. The lowest BCUT2D eigenvalue weighted by molar-refractivity contribution is -0.385. The third-order valence-corrected chi connectivity index (χ3v) is 2.31. The summed E-state index contributed by atoms with van der Waals surface area (Å²) >= 11 is 0. The normalized spacial score (nSPS) is 16.8. The van der Waals surface area contributed by atoms with Crippen LogP contribution < -0.4 is 5.01 Å². The van der Waals surface area contributed by atoms with Gasteiger partial charge in [0.05, 0.1) is 4.92 Å². The Kier molecular flexibility index (Phi) is 2.36. The highest BCUT2D eigenvalue weighted by Crippen LogP contribution is 2.13. The topological polar surface area (TPSA) is 81.3 Å². The molecule has 0 aliphatic carbocycles. The summed E-state index contributed by atoms with van der Waals surface area (Å²) in [5, 5.41) is 15.6. The molecule has 1 amide bonds. The van der Waals surface area contributed by atoms with Crippen LogP contribution in [-0.4, -0.2) is 27.3 Å². The number of carbonyl (C=O) groups is 1. The Bertz CT molecular complexity index is 400. The summed E-state index contributed by atoms with van der Waals surface area (Å²) < 4.78 is 0. The maximum absolute atomic E-state index is 11.5. The molecule has 0 aromatic carbocycles. The van der Waals surface area contributed by atoms with Gasteiger partial charge in [0, 0.05) is 13.0 Å². The first-order valence-electron chi connectivity index (χ1n) is 4.68. The Hall–Kier alpha value is -1.92. The quantitative estimate of drug-likeness (QED) is 0.524. The minimum absolute atomic E-state index is 0.0424. The molecule has 0 bridgehead atoms. The summed E-state index contributed by atoms with van der Waals surface area (Å²) in [6, 6.07) is 0. The summed E-state index contributed by atoms with van der Waals surface area (Å²) in [5.74, 6) is -0.0424. The van der Waals surface area contributed by atoms with E-state index in [1.165, 1.54) is 16.0 Å². The van der Waals surface area contributed by atoms with E-state index in [0.29, 0.717) is 13.0 Å². The number of hydrogen-bond acceptors (Lipinski definition) is 4. The predicted molar refractivity (Wildman–Crippen MR) is 50.8 cm³/mol. The first kappa shape index (κ1) is 9.63. The molecular formula is C8H10N4O3. The van der Waals surface area contributed by atoms with E-state index < -0.39 is 4.92 Å². The number of nitro groups is 1. The fraction of sp³-hybridized carbons (Fsp3) is 0.500. The van der Waals surface area contributed by atoms with Crippen LogP contribution in [-0.2, 0) is 4.79 Å². The molecule has 1 aromatic heterocycles. The van der Waals surface area contributed by atoms with Crippen molar-refractivity contribution in [3.8, 4) is 0 Å². The number of hydrogen-bond donors (Lipinski definition) is 0. The van der Waals surface area contributed by atoms with Gasteiger partial charge in [0.1, 0.15) is 12.4 Å². The number of nitrogens with zero attached hydrogens (tertiary/aromatic N) is 4. The molecule has 7 nitrogen and oxygen atoms in total. The van der Waals surface area contributed by atoms with E-state index in [-0.39, 0.29) is 11.6 Å². The highest BCUT2D eigenvalue weighted by atomic mass is 16.6. The third-order valence-electron chi connectivity index (χ3n) is 2.31. The van der Waals surface area contributed by atoms with Crippen molar-refractivity contribution in [2.75, 3.05) is 11.6 Å². The number of piperidine rings is 1. The highest BCUT2D eigenvalue weighted by Gasteiger charge is 2.21. The Morgan fingerprint density at radius 3 is 2.87 bits per heavy atom. The Balaban J connectivity index is 2.20. The van der Waals surface area contributed by atoms with Gasteiger partial charge in [0.25, 0.3) is 0 Å². The molecule has 1 saturated heterocycles. The van der Waals surface area contributed by atoms with Crippen molar-refractivity contribution in [3.05, 3.63) is 22.5 Å². The summed E-state index contributed by atoms with van der Waals surface area (Å²) in [7, 11) is 0. The zero-order chi connectivity index (χ0) is 10.8. The van der Waals surface area contributed by atoms with E-state index >= 15 is 0 Å². The van der Waals surface area contributed by atoms with Crippen molar-refractivity contribution in [3.63, 3.8) is 0 Å². The predicted octanol–water partition coefficient (Wildman–Crippen LogP) is 0.440. The number of amides is 1.